The highest BCUT2D eigenvalue weighted by molar-refractivity contribution is 5.86. The number of aromatic amines is 1. The lowest BCUT2D eigenvalue weighted by Crippen LogP contribution is -2.04. The van der Waals surface area contributed by atoms with Crippen molar-refractivity contribution in [1.29, 1.82) is 0 Å². The largest absolute Gasteiger partial charge is 0.335 e. The van der Waals surface area contributed by atoms with Crippen LogP contribution in [0.4, 0.5) is 5.69 Å². The standard InChI is InChI=1S/C36H25N5O2/c42-41(43)30-24-14-13-23-29(30)40-34(28-21-11-4-12-22-28)33(27-19-9-3-10-20-27)39-36(40)35-37-31(25-15-5-1-6-16-25)32(38-35)26-17-7-2-8-18-26/h1-24H,(H,37,38). The van der Waals surface area contributed by atoms with Gasteiger partial charge in [0.2, 0.25) is 0 Å². The van der Waals surface area contributed by atoms with E-state index in [-0.39, 0.29) is 10.6 Å². The molecule has 7 heteroatoms. The Morgan fingerprint density at radius 1 is 0.558 bits per heavy atom. The molecule has 43 heavy (non-hydrogen) atoms. The van der Waals surface area contributed by atoms with Gasteiger partial charge in [0.05, 0.1) is 27.7 Å². The molecule has 0 spiro atoms. The summed E-state index contributed by atoms with van der Waals surface area (Å²) >= 11 is 0. The van der Waals surface area contributed by atoms with Crippen molar-refractivity contribution in [3.8, 4) is 62.4 Å². The van der Waals surface area contributed by atoms with Crippen LogP contribution in [-0.4, -0.2) is 24.4 Å². The first-order valence-corrected chi connectivity index (χ1v) is 13.9. The van der Waals surface area contributed by atoms with Gasteiger partial charge in [-0.15, -0.1) is 0 Å². The number of hydrogen-bond donors (Lipinski definition) is 1. The molecule has 2 heterocycles. The van der Waals surface area contributed by atoms with Crippen molar-refractivity contribution < 1.29 is 4.92 Å². The first kappa shape index (κ1) is 25.9. The van der Waals surface area contributed by atoms with Crippen molar-refractivity contribution in [1.82, 2.24) is 19.5 Å². The number of nitrogens with one attached hydrogen (secondary N) is 1. The van der Waals surface area contributed by atoms with Crippen LogP contribution in [0.2, 0.25) is 0 Å². The second-order valence-corrected chi connectivity index (χ2v) is 9.99. The Balaban J connectivity index is 1.59. The molecule has 0 aliphatic rings. The molecule has 0 amide bonds. The zero-order valence-electron chi connectivity index (χ0n) is 23.0. The van der Waals surface area contributed by atoms with Crippen molar-refractivity contribution in [2.45, 2.75) is 0 Å². The van der Waals surface area contributed by atoms with Crippen molar-refractivity contribution in [3.63, 3.8) is 0 Å². The highest BCUT2D eigenvalue weighted by Gasteiger charge is 2.28. The van der Waals surface area contributed by atoms with Gasteiger partial charge in [-0.1, -0.05) is 133 Å². The Hall–Kier alpha value is -6.08. The van der Waals surface area contributed by atoms with Crippen LogP contribution in [0.1, 0.15) is 0 Å². The molecule has 7 rings (SSSR count). The van der Waals surface area contributed by atoms with E-state index in [0.29, 0.717) is 23.0 Å². The van der Waals surface area contributed by atoms with Gasteiger partial charge in [-0.05, 0) is 6.07 Å². The summed E-state index contributed by atoms with van der Waals surface area (Å²) in [5.74, 6) is 0.960. The van der Waals surface area contributed by atoms with E-state index < -0.39 is 0 Å². The first-order chi connectivity index (χ1) is 21.2. The molecule has 7 aromatic rings. The monoisotopic (exact) mass is 559 g/mol. The molecule has 0 radical (unpaired) electrons. The molecule has 5 aromatic carbocycles. The van der Waals surface area contributed by atoms with E-state index in [1.54, 1.807) is 18.2 Å². The van der Waals surface area contributed by atoms with E-state index in [2.05, 4.69) is 4.98 Å². The number of hydrogen-bond acceptors (Lipinski definition) is 4. The van der Waals surface area contributed by atoms with Gasteiger partial charge in [-0.3, -0.25) is 14.7 Å². The van der Waals surface area contributed by atoms with E-state index in [0.717, 1.165) is 39.3 Å². The normalized spacial score (nSPS) is 11.0. The fraction of sp³-hybridized carbons (Fsp3) is 0. The van der Waals surface area contributed by atoms with Crippen LogP contribution in [0.25, 0.3) is 62.4 Å². The van der Waals surface area contributed by atoms with Crippen molar-refractivity contribution in [2.24, 2.45) is 0 Å². The average molecular weight is 560 g/mol. The molecule has 0 aliphatic heterocycles. The van der Waals surface area contributed by atoms with Gasteiger partial charge in [-0.25, -0.2) is 9.97 Å². The van der Waals surface area contributed by atoms with Crippen LogP contribution in [0.5, 0.6) is 0 Å². The molecule has 2 aromatic heterocycles. The smallest absolute Gasteiger partial charge is 0.293 e. The lowest BCUT2D eigenvalue weighted by atomic mass is 10.0. The molecule has 7 nitrogen and oxygen atoms in total. The lowest BCUT2D eigenvalue weighted by Gasteiger charge is -2.13. The molecule has 0 aliphatic carbocycles. The minimum atomic E-state index is -0.358. The second kappa shape index (κ2) is 11.1. The summed E-state index contributed by atoms with van der Waals surface area (Å²) in [6, 6.07) is 46.4. The number of para-hydroxylation sites is 2. The number of nitro groups is 1. The Morgan fingerprint density at radius 3 is 1.63 bits per heavy atom. The maximum atomic E-state index is 12.3. The van der Waals surface area contributed by atoms with Gasteiger partial charge < -0.3 is 4.98 Å². The van der Waals surface area contributed by atoms with Gasteiger partial charge in [-0.2, -0.15) is 0 Å². The Labute approximate surface area is 247 Å². The second-order valence-electron chi connectivity index (χ2n) is 9.99. The highest BCUT2D eigenvalue weighted by Crippen LogP contribution is 2.41. The number of benzene rings is 5. The molecule has 0 unspecified atom stereocenters. The zero-order chi connectivity index (χ0) is 29.2. The summed E-state index contributed by atoms with van der Waals surface area (Å²) in [5.41, 5.74) is 7.06. The quantitative estimate of drug-likeness (QED) is 0.156. The molecule has 0 fully saturated rings. The number of nitro benzene ring substituents is 1. The number of imidazole rings is 2. The van der Waals surface area contributed by atoms with Crippen molar-refractivity contribution in [2.75, 3.05) is 0 Å². The van der Waals surface area contributed by atoms with E-state index in [9.17, 15) is 10.1 Å². The SMILES string of the molecule is O=[N+]([O-])c1ccccc1-n1c(-c2nc(-c3ccccc3)c(-c3ccccc3)[nH]2)nc(-c2ccccc2)c1-c1ccccc1. The molecule has 206 valence electrons. The third-order valence-electron chi connectivity index (χ3n) is 7.32. The molecular formula is C36H25N5O2. The maximum Gasteiger partial charge on any atom is 0.293 e. The number of nitrogens with zero attached hydrogens (tertiary/aromatic N) is 4. The predicted octanol–water partition coefficient (Wildman–Crippen LogP) is 8.84. The predicted molar refractivity (Wildman–Crippen MR) is 170 cm³/mol. The van der Waals surface area contributed by atoms with Crippen LogP contribution >= 0.6 is 0 Å². The van der Waals surface area contributed by atoms with E-state index in [1.165, 1.54) is 6.07 Å². The summed E-state index contributed by atoms with van der Waals surface area (Å²) in [4.78, 5) is 25.8. The fourth-order valence-electron chi connectivity index (χ4n) is 5.38. The molecular weight excluding hydrogens is 534 g/mol. The van der Waals surface area contributed by atoms with E-state index >= 15 is 0 Å². The summed E-state index contributed by atoms with van der Waals surface area (Å²) in [5, 5.41) is 12.3. The maximum absolute atomic E-state index is 12.3. The number of aromatic nitrogens is 4. The van der Waals surface area contributed by atoms with Gasteiger partial charge in [0.1, 0.15) is 5.69 Å². The van der Waals surface area contributed by atoms with Gasteiger partial charge >= 0.3 is 0 Å². The minimum Gasteiger partial charge on any atom is -0.335 e. The molecule has 0 atom stereocenters. The van der Waals surface area contributed by atoms with E-state index in [4.69, 9.17) is 9.97 Å². The van der Waals surface area contributed by atoms with Crippen molar-refractivity contribution in [3.05, 3.63) is 156 Å². The Morgan fingerprint density at radius 2 is 1.05 bits per heavy atom. The topological polar surface area (TPSA) is 89.6 Å². The lowest BCUT2D eigenvalue weighted by molar-refractivity contribution is -0.384. The summed E-state index contributed by atoms with van der Waals surface area (Å²) in [6.45, 7) is 0. The van der Waals surface area contributed by atoms with Gasteiger partial charge in [0.15, 0.2) is 11.6 Å². The van der Waals surface area contributed by atoms with Crippen LogP contribution in [0.15, 0.2) is 146 Å². The number of H-pyrrole nitrogens is 1. The summed E-state index contributed by atoms with van der Waals surface area (Å²) < 4.78 is 1.86. The Kier molecular flexibility index (Phi) is 6.65. The third-order valence-corrected chi connectivity index (χ3v) is 7.32. The van der Waals surface area contributed by atoms with Gasteiger partial charge in [0, 0.05) is 28.3 Å². The van der Waals surface area contributed by atoms with Gasteiger partial charge in [0.25, 0.3) is 5.69 Å². The number of rotatable bonds is 7. The van der Waals surface area contributed by atoms with Crippen molar-refractivity contribution >= 4 is 5.69 Å². The van der Waals surface area contributed by atoms with Crippen LogP contribution in [0, 0.1) is 10.1 Å². The van der Waals surface area contributed by atoms with Crippen LogP contribution < -0.4 is 0 Å². The third kappa shape index (κ3) is 4.79. The average Bonchev–Trinajstić information content (AvgIpc) is 3.69. The first-order valence-electron chi connectivity index (χ1n) is 13.9. The summed E-state index contributed by atoms with van der Waals surface area (Å²) in [6.07, 6.45) is 0. The minimum absolute atomic E-state index is 0.0314. The van der Waals surface area contributed by atoms with E-state index in [1.807, 2.05) is 126 Å². The molecule has 0 bridgehead atoms. The zero-order valence-corrected chi connectivity index (χ0v) is 23.0. The highest BCUT2D eigenvalue weighted by atomic mass is 16.6. The Bertz CT molecular complexity index is 1980. The molecule has 0 saturated heterocycles. The van der Waals surface area contributed by atoms with Crippen LogP contribution in [-0.2, 0) is 0 Å². The summed E-state index contributed by atoms with van der Waals surface area (Å²) in [7, 11) is 0. The van der Waals surface area contributed by atoms with Crippen LogP contribution in [0.3, 0.4) is 0 Å². The molecule has 0 saturated carbocycles. The fourth-order valence-corrected chi connectivity index (χ4v) is 5.38. The molecule has 1 N–H and O–H groups in total.